The van der Waals surface area contributed by atoms with E-state index in [0.717, 1.165) is 31.7 Å². The maximum absolute atomic E-state index is 13.7. The Kier molecular flexibility index (Phi) is 7.59. The van der Waals surface area contributed by atoms with Crippen molar-refractivity contribution in [1.29, 1.82) is 0 Å². The number of carbonyl (C=O) groups excluding carboxylic acids is 2. The van der Waals surface area contributed by atoms with E-state index in [2.05, 4.69) is 10.6 Å². The van der Waals surface area contributed by atoms with E-state index in [1.807, 2.05) is 0 Å². The maximum Gasteiger partial charge on any atom is 0.305 e. The van der Waals surface area contributed by atoms with Crippen molar-refractivity contribution >= 4 is 29.4 Å². The van der Waals surface area contributed by atoms with Gasteiger partial charge in [0.2, 0.25) is 11.8 Å². The number of carbonyl (C=O) groups is 3. The van der Waals surface area contributed by atoms with Crippen molar-refractivity contribution in [2.75, 3.05) is 0 Å². The lowest BCUT2D eigenvalue weighted by atomic mass is 10.0. The van der Waals surface area contributed by atoms with E-state index in [0.29, 0.717) is 5.56 Å². The first kappa shape index (κ1) is 21.2. The lowest BCUT2D eigenvalue weighted by molar-refractivity contribution is -0.137. The predicted octanol–water partition coefficient (Wildman–Crippen LogP) is 3.20. The third-order valence-corrected chi connectivity index (χ3v) is 4.97. The molecule has 6 nitrogen and oxygen atoms in total. The molecule has 0 spiro atoms. The van der Waals surface area contributed by atoms with E-state index >= 15 is 0 Å². The Hall–Kier alpha value is -2.15. The molecule has 2 unspecified atom stereocenters. The Balaban J connectivity index is 1.95. The second kappa shape index (κ2) is 9.69. The summed E-state index contributed by atoms with van der Waals surface area (Å²) in [6.45, 7) is 1.72. The van der Waals surface area contributed by atoms with Crippen LogP contribution in [0.25, 0.3) is 0 Å². The van der Waals surface area contributed by atoms with Gasteiger partial charge >= 0.3 is 5.97 Å². The first-order valence-electron chi connectivity index (χ1n) is 9.02. The molecule has 1 saturated carbocycles. The number of aliphatic carboxylic acids is 1. The summed E-state index contributed by atoms with van der Waals surface area (Å²) >= 11 is 5.65. The van der Waals surface area contributed by atoms with Crippen molar-refractivity contribution in [3.05, 3.63) is 34.6 Å². The van der Waals surface area contributed by atoms with Gasteiger partial charge in [-0.2, -0.15) is 0 Å². The van der Waals surface area contributed by atoms with Gasteiger partial charge in [0.15, 0.2) is 0 Å². The Labute approximate surface area is 162 Å². The molecule has 2 amide bonds. The molecule has 0 bridgehead atoms. The molecule has 148 valence electrons. The zero-order valence-corrected chi connectivity index (χ0v) is 15.9. The maximum atomic E-state index is 13.7. The molecule has 1 fully saturated rings. The minimum atomic E-state index is -1.13. The summed E-state index contributed by atoms with van der Waals surface area (Å²) in [5.74, 6) is -2.27. The van der Waals surface area contributed by atoms with Gasteiger partial charge in [-0.25, -0.2) is 4.39 Å². The lowest BCUT2D eigenvalue weighted by Gasteiger charge is -2.20. The minimum absolute atomic E-state index is 0.00461. The summed E-state index contributed by atoms with van der Waals surface area (Å²) in [5, 5.41) is 14.4. The number of hydrogen-bond acceptors (Lipinski definition) is 3. The van der Waals surface area contributed by atoms with Gasteiger partial charge in [0.1, 0.15) is 5.82 Å². The standard InChI is InChI=1S/C19H24ClFN2O4/c1-11(22-19(27)12-4-2-3-5-12)8-17(24)23-16(10-18(25)26)13-6-7-14(20)15(21)9-13/h6-7,9,11-12,16H,2-5,8,10H2,1H3,(H,22,27)(H,23,24)(H,25,26). The second-order valence-corrected chi connectivity index (χ2v) is 7.39. The predicted molar refractivity (Wildman–Crippen MR) is 98.7 cm³/mol. The fraction of sp³-hybridized carbons (Fsp3) is 0.526. The van der Waals surface area contributed by atoms with Crippen LogP contribution in [0.3, 0.4) is 0 Å². The van der Waals surface area contributed by atoms with Gasteiger partial charge in [0.05, 0.1) is 17.5 Å². The monoisotopic (exact) mass is 398 g/mol. The first-order chi connectivity index (χ1) is 12.8. The zero-order chi connectivity index (χ0) is 20.0. The summed E-state index contributed by atoms with van der Waals surface area (Å²) in [6, 6.07) is 2.63. The average molecular weight is 399 g/mol. The molecule has 3 N–H and O–H groups in total. The summed E-state index contributed by atoms with van der Waals surface area (Å²) in [5.41, 5.74) is 0.315. The molecule has 2 rings (SSSR count). The molecule has 0 aromatic heterocycles. The van der Waals surface area contributed by atoms with E-state index in [4.69, 9.17) is 16.7 Å². The van der Waals surface area contributed by atoms with E-state index in [1.165, 1.54) is 12.1 Å². The smallest absolute Gasteiger partial charge is 0.305 e. The number of nitrogens with one attached hydrogen (secondary N) is 2. The van der Waals surface area contributed by atoms with Gasteiger partial charge in [-0.1, -0.05) is 30.5 Å². The molecular weight excluding hydrogens is 375 g/mol. The Morgan fingerprint density at radius 3 is 2.48 bits per heavy atom. The van der Waals surface area contributed by atoms with Crippen LogP contribution in [0.5, 0.6) is 0 Å². The molecule has 0 heterocycles. The van der Waals surface area contributed by atoms with E-state index in [-0.39, 0.29) is 29.3 Å². The Morgan fingerprint density at radius 1 is 1.22 bits per heavy atom. The fourth-order valence-corrected chi connectivity index (χ4v) is 3.40. The first-order valence-corrected chi connectivity index (χ1v) is 9.40. The summed E-state index contributed by atoms with van der Waals surface area (Å²) in [7, 11) is 0. The van der Waals surface area contributed by atoms with E-state index in [9.17, 15) is 18.8 Å². The average Bonchev–Trinajstić information content (AvgIpc) is 3.10. The number of hydrogen-bond donors (Lipinski definition) is 3. The molecule has 8 heteroatoms. The van der Waals surface area contributed by atoms with E-state index in [1.54, 1.807) is 6.92 Å². The number of amides is 2. The van der Waals surface area contributed by atoms with Gasteiger partial charge in [0, 0.05) is 18.4 Å². The number of rotatable bonds is 8. The minimum Gasteiger partial charge on any atom is -0.481 e. The van der Waals surface area contributed by atoms with Crippen molar-refractivity contribution in [2.24, 2.45) is 5.92 Å². The molecule has 2 atom stereocenters. The lowest BCUT2D eigenvalue weighted by Crippen LogP contribution is -2.40. The Morgan fingerprint density at radius 2 is 1.89 bits per heavy atom. The van der Waals surface area contributed by atoms with Crippen LogP contribution in [0.1, 0.15) is 57.1 Å². The van der Waals surface area contributed by atoms with Crippen molar-refractivity contribution < 1.29 is 23.9 Å². The van der Waals surface area contributed by atoms with Crippen molar-refractivity contribution in [3.8, 4) is 0 Å². The third-order valence-electron chi connectivity index (χ3n) is 4.67. The Bertz CT molecular complexity index is 707. The highest BCUT2D eigenvalue weighted by Crippen LogP contribution is 2.25. The number of carboxylic acid groups (broad SMARTS) is 1. The number of benzene rings is 1. The van der Waals surface area contributed by atoms with Crippen LogP contribution in [0.15, 0.2) is 18.2 Å². The van der Waals surface area contributed by atoms with Gasteiger partial charge in [0.25, 0.3) is 0 Å². The largest absolute Gasteiger partial charge is 0.481 e. The second-order valence-electron chi connectivity index (χ2n) is 6.99. The molecule has 0 aliphatic heterocycles. The SMILES string of the molecule is CC(CC(=O)NC(CC(=O)O)c1ccc(Cl)c(F)c1)NC(=O)C1CCCC1. The topological polar surface area (TPSA) is 95.5 Å². The third kappa shape index (κ3) is 6.50. The molecule has 1 aliphatic rings. The van der Waals surface area contributed by atoms with Gasteiger partial charge in [-0.3, -0.25) is 14.4 Å². The zero-order valence-electron chi connectivity index (χ0n) is 15.1. The summed E-state index contributed by atoms with van der Waals surface area (Å²) in [4.78, 5) is 35.5. The molecule has 0 radical (unpaired) electrons. The van der Waals surface area contributed by atoms with Gasteiger partial charge < -0.3 is 15.7 Å². The van der Waals surface area contributed by atoms with E-state index < -0.39 is 30.2 Å². The van der Waals surface area contributed by atoms with Gasteiger partial charge in [-0.15, -0.1) is 0 Å². The molecule has 27 heavy (non-hydrogen) atoms. The van der Waals surface area contributed by atoms with Crippen molar-refractivity contribution in [3.63, 3.8) is 0 Å². The van der Waals surface area contributed by atoms with Crippen molar-refractivity contribution in [1.82, 2.24) is 10.6 Å². The highest BCUT2D eigenvalue weighted by molar-refractivity contribution is 6.30. The van der Waals surface area contributed by atoms with Gasteiger partial charge in [-0.05, 0) is 37.5 Å². The quantitative estimate of drug-likeness (QED) is 0.626. The van der Waals surface area contributed by atoms with Crippen LogP contribution >= 0.6 is 11.6 Å². The normalized spacial score (nSPS) is 16.6. The molecule has 1 aromatic rings. The highest BCUT2D eigenvalue weighted by Gasteiger charge is 2.25. The molecule has 1 aliphatic carbocycles. The van der Waals surface area contributed by atoms with Crippen LogP contribution in [0.4, 0.5) is 4.39 Å². The summed E-state index contributed by atoms with van der Waals surface area (Å²) < 4.78 is 13.7. The molecule has 0 saturated heterocycles. The van der Waals surface area contributed by atoms with Crippen LogP contribution in [0.2, 0.25) is 5.02 Å². The molecular formula is C19H24ClFN2O4. The fourth-order valence-electron chi connectivity index (χ4n) is 3.29. The number of halogens is 2. The van der Waals surface area contributed by atoms with Crippen LogP contribution in [0, 0.1) is 11.7 Å². The van der Waals surface area contributed by atoms with Crippen molar-refractivity contribution in [2.45, 2.75) is 57.5 Å². The van der Waals surface area contributed by atoms with Crippen LogP contribution in [-0.4, -0.2) is 28.9 Å². The molecule has 1 aromatic carbocycles. The van der Waals surface area contributed by atoms with Crippen LogP contribution < -0.4 is 10.6 Å². The van der Waals surface area contributed by atoms with Crippen LogP contribution in [-0.2, 0) is 14.4 Å². The highest BCUT2D eigenvalue weighted by atomic mass is 35.5. The number of carboxylic acids is 1. The summed E-state index contributed by atoms with van der Waals surface area (Å²) in [6.07, 6.45) is 3.43.